The molecule has 1 fully saturated rings. The summed E-state index contributed by atoms with van der Waals surface area (Å²) in [5, 5.41) is 5.84. The first-order chi connectivity index (χ1) is 9.16. The van der Waals surface area contributed by atoms with Crippen LogP contribution in [0.2, 0.25) is 0 Å². The summed E-state index contributed by atoms with van der Waals surface area (Å²) in [4.78, 5) is 5.77. The van der Waals surface area contributed by atoms with Crippen molar-refractivity contribution in [3.8, 4) is 0 Å². The number of imidazole rings is 1. The Hall–Kier alpha value is -0.870. The highest BCUT2D eigenvalue weighted by atomic mass is 32.1. The number of nitrogens with one attached hydrogen (secondary N) is 1. The molecule has 104 valence electrons. The van der Waals surface area contributed by atoms with Gasteiger partial charge in [0.15, 0.2) is 4.96 Å². The molecule has 2 atom stereocenters. The summed E-state index contributed by atoms with van der Waals surface area (Å²) >= 11 is 1.73. The predicted molar refractivity (Wildman–Crippen MR) is 80.8 cm³/mol. The van der Waals surface area contributed by atoms with E-state index in [1.165, 1.54) is 36.3 Å². The third-order valence-corrected chi connectivity index (χ3v) is 5.51. The first-order valence-electron chi connectivity index (χ1n) is 7.29. The molecule has 1 N–H and O–H groups in total. The Labute approximate surface area is 119 Å². The molecule has 0 amide bonds. The Kier molecular flexibility index (Phi) is 3.63. The van der Waals surface area contributed by atoms with Crippen LogP contribution in [0, 0.1) is 25.7 Å². The maximum Gasteiger partial charge on any atom is 0.194 e. The van der Waals surface area contributed by atoms with Gasteiger partial charge in [0, 0.05) is 17.6 Å². The van der Waals surface area contributed by atoms with E-state index in [-0.39, 0.29) is 0 Å². The van der Waals surface area contributed by atoms with Gasteiger partial charge in [-0.1, -0.05) is 19.8 Å². The number of hydrogen-bond donors (Lipinski definition) is 1. The van der Waals surface area contributed by atoms with E-state index in [1.807, 2.05) is 0 Å². The minimum Gasteiger partial charge on any atom is -0.311 e. The first kappa shape index (κ1) is 13.1. The van der Waals surface area contributed by atoms with Gasteiger partial charge in [0.2, 0.25) is 0 Å². The van der Waals surface area contributed by atoms with Crippen molar-refractivity contribution < 1.29 is 0 Å². The Morgan fingerprint density at radius 2 is 2.26 bits per heavy atom. The maximum absolute atomic E-state index is 4.64. The molecule has 4 heteroatoms. The van der Waals surface area contributed by atoms with Crippen molar-refractivity contribution in [1.29, 1.82) is 0 Å². The third-order valence-electron chi connectivity index (χ3n) is 4.57. The van der Waals surface area contributed by atoms with Crippen LogP contribution < -0.4 is 5.32 Å². The molecule has 1 aliphatic rings. The van der Waals surface area contributed by atoms with Gasteiger partial charge in [0.05, 0.1) is 11.4 Å². The van der Waals surface area contributed by atoms with Gasteiger partial charge in [-0.25, -0.2) is 4.98 Å². The van der Waals surface area contributed by atoms with Gasteiger partial charge in [-0.05, 0) is 38.6 Å². The lowest BCUT2D eigenvalue weighted by Crippen LogP contribution is -2.24. The molecule has 2 aromatic rings. The van der Waals surface area contributed by atoms with Crippen molar-refractivity contribution in [3.05, 3.63) is 22.5 Å². The summed E-state index contributed by atoms with van der Waals surface area (Å²) in [5.74, 6) is 1.76. The number of aromatic nitrogens is 2. The molecule has 3 rings (SSSR count). The fourth-order valence-corrected chi connectivity index (χ4v) is 4.21. The smallest absolute Gasteiger partial charge is 0.194 e. The van der Waals surface area contributed by atoms with Crippen molar-refractivity contribution in [2.75, 3.05) is 6.54 Å². The molecule has 2 aromatic heterocycles. The molecule has 2 unspecified atom stereocenters. The Bertz CT molecular complexity index is 569. The second-order valence-electron chi connectivity index (χ2n) is 5.94. The Balaban J connectivity index is 1.68. The van der Waals surface area contributed by atoms with Crippen LogP contribution in [0.3, 0.4) is 0 Å². The monoisotopic (exact) mass is 277 g/mol. The summed E-state index contributed by atoms with van der Waals surface area (Å²) in [6, 6.07) is 0. The fraction of sp³-hybridized carbons (Fsp3) is 0.667. The zero-order valence-electron chi connectivity index (χ0n) is 12.1. The maximum atomic E-state index is 4.64. The van der Waals surface area contributed by atoms with Gasteiger partial charge in [-0.15, -0.1) is 11.3 Å². The largest absolute Gasteiger partial charge is 0.311 e. The molecule has 0 aliphatic heterocycles. The number of thiazole rings is 1. The standard InChI is InChI=1S/C15H23N3S/c1-10-5-4-6-13(10)7-16-8-14-12(3)17-15-18(14)11(2)9-19-15/h9-10,13,16H,4-8H2,1-3H3. The molecule has 0 aromatic carbocycles. The second kappa shape index (κ2) is 5.25. The lowest BCUT2D eigenvalue weighted by Gasteiger charge is -2.16. The molecule has 1 aliphatic carbocycles. The average Bonchev–Trinajstić information content (AvgIpc) is 3.01. The topological polar surface area (TPSA) is 29.3 Å². The van der Waals surface area contributed by atoms with Crippen molar-refractivity contribution in [2.24, 2.45) is 11.8 Å². The van der Waals surface area contributed by atoms with Gasteiger partial charge >= 0.3 is 0 Å². The zero-order valence-corrected chi connectivity index (χ0v) is 12.9. The highest BCUT2D eigenvalue weighted by molar-refractivity contribution is 7.15. The Morgan fingerprint density at radius 3 is 3.00 bits per heavy atom. The van der Waals surface area contributed by atoms with Crippen molar-refractivity contribution in [3.63, 3.8) is 0 Å². The van der Waals surface area contributed by atoms with E-state index in [2.05, 4.69) is 40.9 Å². The summed E-state index contributed by atoms with van der Waals surface area (Å²) in [6.45, 7) is 8.76. The summed E-state index contributed by atoms with van der Waals surface area (Å²) < 4.78 is 2.30. The number of rotatable bonds is 4. The molecule has 1 saturated carbocycles. The average molecular weight is 277 g/mol. The summed E-state index contributed by atoms with van der Waals surface area (Å²) in [5.41, 5.74) is 3.80. The van der Waals surface area contributed by atoms with Crippen LogP contribution in [0.4, 0.5) is 0 Å². The van der Waals surface area contributed by atoms with Gasteiger partial charge in [0.1, 0.15) is 0 Å². The molecule has 0 radical (unpaired) electrons. The van der Waals surface area contributed by atoms with Crippen LogP contribution in [0.25, 0.3) is 4.96 Å². The number of hydrogen-bond acceptors (Lipinski definition) is 3. The fourth-order valence-electron chi connectivity index (χ4n) is 3.28. The van der Waals surface area contributed by atoms with E-state index in [0.29, 0.717) is 0 Å². The van der Waals surface area contributed by atoms with E-state index in [9.17, 15) is 0 Å². The molecule has 19 heavy (non-hydrogen) atoms. The number of aryl methyl sites for hydroxylation is 2. The summed E-state index contributed by atoms with van der Waals surface area (Å²) in [6.07, 6.45) is 4.21. The SMILES string of the molecule is Cc1nc2scc(C)n2c1CNCC1CCCC1C. The molecular formula is C15H23N3S. The van der Waals surface area contributed by atoms with Gasteiger partial charge in [-0.2, -0.15) is 0 Å². The van der Waals surface area contributed by atoms with Crippen LogP contribution in [-0.4, -0.2) is 15.9 Å². The van der Waals surface area contributed by atoms with Gasteiger partial charge < -0.3 is 5.32 Å². The van der Waals surface area contributed by atoms with Crippen LogP contribution in [0.15, 0.2) is 5.38 Å². The van der Waals surface area contributed by atoms with E-state index < -0.39 is 0 Å². The van der Waals surface area contributed by atoms with Gasteiger partial charge in [-0.3, -0.25) is 4.40 Å². The van der Waals surface area contributed by atoms with E-state index >= 15 is 0 Å². The molecule has 0 bridgehead atoms. The first-order valence-corrected chi connectivity index (χ1v) is 8.17. The number of nitrogens with zero attached hydrogens (tertiary/aromatic N) is 2. The van der Waals surface area contributed by atoms with Crippen LogP contribution in [0.1, 0.15) is 43.3 Å². The zero-order chi connectivity index (χ0) is 13.4. The van der Waals surface area contributed by atoms with E-state index in [4.69, 9.17) is 0 Å². The molecular weight excluding hydrogens is 254 g/mol. The Morgan fingerprint density at radius 1 is 1.42 bits per heavy atom. The van der Waals surface area contributed by atoms with Gasteiger partial charge in [0.25, 0.3) is 0 Å². The van der Waals surface area contributed by atoms with Crippen molar-refractivity contribution in [1.82, 2.24) is 14.7 Å². The lowest BCUT2D eigenvalue weighted by molar-refractivity contribution is 0.390. The van der Waals surface area contributed by atoms with Crippen LogP contribution in [0.5, 0.6) is 0 Å². The normalized spacial score (nSPS) is 23.5. The van der Waals surface area contributed by atoms with Crippen LogP contribution in [-0.2, 0) is 6.54 Å². The molecule has 0 spiro atoms. The predicted octanol–water partition coefficient (Wildman–Crippen LogP) is 3.54. The highest BCUT2D eigenvalue weighted by Crippen LogP contribution is 2.30. The van der Waals surface area contributed by atoms with E-state index in [0.717, 1.165) is 29.9 Å². The minimum atomic E-state index is 0.868. The van der Waals surface area contributed by atoms with Crippen LogP contribution >= 0.6 is 11.3 Å². The highest BCUT2D eigenvalue weighted by Gasteiger charge is 2.22. The number of fused-ring (bicyclic) bond motifs is 1. The molecule has 0 saturated heterocycles. The third kappa shape index (κ3) is 2.43. The molecule has 2 heterocycles. The molecule has 3 nitrogen and oxygen atoms in total. The van der Waals surface area contributed by atoms with E-state index in [1.54, 1.807) is 11.3 Å². The lowest BCUT2D eigenvalue weighted by atomic mass is 9.98. The quantitative estimate of drug-likeness (QED) is 0.926. The summed E-state index contributed by atoms with van der Waals surface area (Å²) in [7, 11) is 0. The van der Waals surface area contributed by atoms with Crippen molar-refractivity contribution >= 4 is 16.3 Å². The van der Waals surface area contributed by atoms with Crippen molar-refractivity contribution in [2.45, 2.75) is 46.6 Å². The second-order valence-corrected chi connectivity index (χ2v) is 6.77. The minimum absolute atomic E-state index is 0.868.